The van der Waals surface area contributed by atoms with Crippen molar-refractivity contribution in [1.29, 1.82) is 0 Å². The van der Waals surface area contributed by atoms with E-state index in [1.807, 2.05) is 30.3 Å². The standard InChI is InChI=1S/C20H29N3O2/c1-16-9-6-7-13-23(16)14-8-12-21-20(25)19(22-17(2)24)15-18-10-4-3-5-11-18/h3-5,10-11,15-16H,6-9,12-14H2,1-2H3,(H,21,25)(H,22,24)/p+1/b19-15-/t16-/m1/s1. The Hall–Kier alpha value is -2.14. The molecule has 5 nitrogen and oxygen atoms in total. The average Bonchev–Trinajstić information content (AvgIpc) is 2.60. The van der Waals surface area contributed by atoms with Crippen LogP contribution in [0.1, 0.15) is 45.1 Å². The molecule has 1 saturated heterocycles. The average molecular weight is 344 g/mol. The van der Waals surface area contributed by atoms with E-state index in [2.05, 4.69) is 17.6 Å². The number of amides is 2. The first-order valence-corrected chi connectivity index (χ1v) is 9.23. The highest BCUT2D eigenvalue weighted by atomic mass is 16.2. The predicted octanol–water partition coefficient (Wildman–Crippen LogP) is 1.13. The summed E-state index contributed by atoms with van der Waals surface area (Å²) in [7, 11) is 0. The third kappa shape index (κ3) is 6.70. The van der Waals surface area contributed by atoms with Gasteiger partial charge < -0.3 is 15.5 Å². The van der Waals surface area contributed by atoms with Gasteiger partial charge in [-0.05, 0) is 37.8 Å². The Kier molecular flexibility index (Phi) is 7.67. The molecule has 25 heavy (non-hydrogen) atoms. The van der Waals surface area contributed by atoms with Crippen molar-refractivity contribution in [1.82, 2.24) is 10.6 Å². The van der Waals surface area contributed by atoms with Gasteiger partial charge in [-0.1, -0.05) is 30.3 Å². The molecule has 0 saturated carbocycles. The highest BCUT2D eigenvalue weighted by Gasteiger charge is 2.21. The number of quaternary nitrogens is 1. The summed E-state index contributed by atoms with van der Waals surface area (Å²) in [5.41, 5.74) is 1.17. The van der Waals surface area contributed by atoms with Crippen molar-refractivity contribution in [3.05, 3.63) is 41.6 Å². The van der Waals surface area contributed by atoms with E-state index in [0.717, 1.165) is 24.6 Å². The fourth-order valence-electron chi connectivity index (χ4n) is 3.30. The molecule has 0 radical (unpaired) electrons. The number of piperidine rings is 1. The van der Waals surface area contributed by atoms with Crippen molar-refractivity contribution in [2.24, 2.45) is 0 Å². The third-order valence-corrected chi connectivity index (χ3v) is 4.71. The molecule has 0 aliphatic carbocycles. The minimum Gasteiger partial charge on any atom is -0.351 e. The minimum absolute atomic E-state index is 0.235. The van der Waals surface area contributed by atoms with Gasteiger partial charge in [-0.3, -0.25) is 9.59 Å². The molecule has 1 unspecified atom stereocenters. The van der Waals surface area contributed by atoms with Crippen LogP contribution < -0.4 is 15.5 Å². The van der Waals surface area contributed by atoms with Crippen LogP contribution in [0.25, 0.3) is 6.08 Å². The molecule has 2 amide bonds. The van der Waals surface area contributed by atoms with Gasteiger partial charge in [-0.15, -0.1) is 0 Å². The smallest absolute Gasteiger partial charge is 0.267 e. The maximum atomic E-state index is 12.4. The van der Waals surface area contributed by atoms with E-state index in [-0.39, 0.29) is 17.5 Å². The van der Waals surface area contributed by atoms with Crippen molar-refractivity contribution >= 4 is 17.9 Å². The van der Waals surface area contributed by atoms with Gasteiger partial charge in [0.15, 0.2) is 0 Å². The Morgan fingerprint density at radius 2 is 2.00 bits per heavy atom. The SMILES string of the molecule is CC(=O)N/C(=C\c1ccccc1)C(=O)NCCC[NH+]1CCCC[C@H]1C. The van der Waals surface area contributed by atoms with Crippen LogP contribution in [0.4, 0.5) is 0 Å². The molecule has 136 valence electrons. The van der Waals surface area contributed by atoms with Crippen molar-refractivity contribution in [2.75, 3.05) is 19.6 Å². The Balaban J connectivity index is 1.85. The third-order valence-electron chi connectivity index (χ3n) is 4.71. The Labute approximate surface area is 150 Å². The van der Waals surface area contributed by atoms with Gasteiger partial charge in [0.2, 0.25) is 5.91 Å². The summed E-state index contributed by atoms with van der Waals surface area (Å²) < 4.78 is 0. The van der Waals surface area contributed by atoms with Crippen molar-refractivity contribution in [3.63, 3.8) is 0 Å². The lowest BCUT2D eigenvalue weighted by Gasteiger charge is -2.30. The summed E-state index contributed by atoms with van der Waals surface area (Å²) >= 11 is 0. The van der Waals surface area contributed by atoms with Crippen LogP contribution in [0.15, 0.2) is 36.0 Å². The molecule has 1 heterocycles. The Morgan fingerprint density at radius 1 is 1.24 bits per heavy atom. The van der Waals surface area contributed by atoms with Crippen LogP contribution in [0.2, 0.25) is 0 Å². The summed E-state index contributed by atoms with van der Waals surface area (Å²) in [6.07, 6.45) is 6.59. The molecular formula is C20H30N3O2+. The molecule has 1 aliphatic rings. The quantitative estimate of drug-likeness (QED) is 0.513. The lowest BCUT2D eigenvalue weighted by atomic mass is 10.0. The van der Waals surface area contributed by atoms with E-state index in [4.69, 9.17) is 0 Å². The largest absolute Gasteiger partial charge is 0.351 e. The first-order chi connectivity index (χ1) is 12.1. The highest BCUT2D eigenvalue weighted by molar-refractivity contribution is 6.00. The van der Waals surface area contributed by atoms with E-state index in [0.29, 0.717) is 6.54 Å². The number of carbonyl (C=O) groups is 2. The van der Waals surface area contributed by atoms with Crippen LogP contribution in [-0.4, -0.2) is 37.5 Å². The normalized spacial score (nSPS) is 20.8. The summed E-state index contributed by atoms with van der Waals surface area (Å²) in [5, 5.41) is 5.56. The molecule has 5 heteroatoms. The molecular weight excluding hydrogens is 314 g/mol. The fraction of sp³-hybridized carbons (Fsp3) is 0.500. The predicted molar refractivity (Wildman–Crippen MR) is 99.9 cm³/mol. The number of rotatable bonds is 7. The lowest BCUT2D eigenvalue weighted by molar-refractivity contribution is -0.928. The second kappa shape index (κ2) is 9.99. The van der Waals surface area contributed by atoms with Gasteiger partial charge in [-0.25, -0.2) is 0 Å². The molecule has 1 aromatic carbocycles. The number of nitrogens with one attached hydrogen (secondary N) is 3. The summed E-state index contributed by atoms with van der Waals surface area (Å²) in [5.74, 6) is -0.482. The molecule has 1 aromatic rings. The van der Waals surface area contributed by atoms with Gasteiger partial charge >= 0.3 is 0 Å². The summed E-state index contributed by atoms with van der Waals surface area (Å²) in [6, 6.07) is 10.2. The molecule has 3 N–H and O–H groups in total. The van der Waals surface area contributed by atoms with Gasteiger partial charge in [0, 0.05) is 19.9 Å². The zero-order valence-corrected chi connectivity index (χ0v) is 15.3. The van der Waals surface area contributed by atoms with Crippen LogP contribution in [-0.2, 0) is 9.59 Å². The zero-order chi connectivity index (χ0) is 18.1. The van der Waals surface area contributed by atoms with Crippen molar-refractivity contribution < 1.29 is 14.5 Å². The monoisotopic (exact) mass is 344 g/mol. The van der Waals surface area contributed by atoms with Gasteiger partial charge in [-0.2, -0.15) is 0 Å². The first kappa shape index (κ1) is 19.2. The molecule has 2 atom stereocenters. The molecule has 1 aliphatic heterocycles. The molecule has 0 aromatic heterocycles. The minimum atomic E-state index is -0.246. The second-order valence-electron chi connectivity index (χ2n) is 6.81. The number of hydrogen-bond acceptors (Lipinski definition) is 2. The molecule has 0 spiro atoms. The molecule has 2 rings (SSSR count). The maximum absolute atomic E-state index is 12.4. The number of benzene rings is 1. The van der Waals surface area contributed by atoms with Gasteiger partial charge in [0.25, 0.3) is 5.91 Å². The molecule has 1 fully saturated rings. The maximum Gasteiger partial charge on any atom is 0.267 e. The van der Waals surface area contributed by atoms with Crippen LogP contribution >= 0.6 is 0 Å². The van der Waals surface area contributed by atoms with Gasteiger partial charge in [0.05, 0.1) is 19.1 Å². The molecule has 0 bridgehead atoms. The van der Waals surface area contributed by atoms with E-state index in [1.165, 1.54) is 32.7 Å². The Bertz CT molecular complexity index is 598. The summed E-state index contributed by atoms with van der Waals surface area (Å²) in [4.78, 5) is 25.4. The van der Waals surface area contributed by atoms with Crippen LogP contribution in [0.3, 0.4) is 0 Å². The topological polar surface area (TPSA) is 62.6 Å². The number of hydrogen-bond donors (Lipinski definition) is 3. The second-order valence-corrected chi connectivity index (χ2v) is 6.81. The fourth-order valence-corrected chi connectivity index (χ4v) is 3.30. The van der Waals surface area contributed by atoms with E-state index >= 15 is 0 Å². The van der Waals surface area contributed by atoms with E-state index in [9.17, 15) is 9.59 Å². The van der Waals surface area contributed by atoms with Crippen LogP contribution in [0.5, 0.6) is 0 Å². The van der Waals surface area contributed by atoms with Crippen molar-refractivity contribution in [2.45, 2.75) is 45.6 Å². The summed E-state index contributed by atoms with van der Waals surface area (Å²) in [6.45, 7) is 6.66. The first-order valence-electron chi connectivity index (χ1n) is 9.23. The van der Waals surface area contributed by atoms with E-state index < -0.39 is 0 Å². The zero-order valence-electron chi connectivity index (χ0n) is 15.3. The highest BCUT2D eigenvalue weighted by Crippen LogP contribution is 2.05. The van der Waals surface area contributed by atoms with Crippen molar-refractivity contribution in [3.8, 4) is 0 Å². The van der Waals surface area contributed by atoms with Crippen LogP contribution in [0, 0.1) is 0 Å². The lowest BCUT2D eigenvalue weighted by Crippen LogP contribution is -3.16. The van der Waals surface area contributed by atoms with Gasteiger partial charge in [0.1, 0.15) is 5.70 Å². The number of likely N-dealkylation sites (tertiary alicyclic amines) is 1. The number of carbonyl (C=O) groups excluding carboxylic acids is 2. The van der Waals surface area contributed by atoms with E-state index in [1.54, 1.807) is 11.0 Å². The Morgan fingerprint density at radius 3 is 2.68 bits per heavy atom.